The summed E-state index contributed by atoms with van der Waals surface area (Å²) in [5.41, 5.74) is 0. The van der Waals surface area contributed by atoms with Crippen molar-refractivity contribution in [3.63, 3.8) is 0 Å². The SMILES string of the molecule is CCCCCCCCCCCCCCCCCCCCCCCC(O)C(CO)NC(=O)CCCCCCCCCCCCCCCCCCCCCCCCCCOC(=O)CCCCCCCCCCCCCC. The Hall–Kier alpha value is -1.14. The third kappa shape index (κ3) is 60.1. The van der Waals surface area contributed by atoms with Gasteiger partial charge in [0.05, 0.1) is 25.4 Å². The molecule has 0 aliphatic carbocycles. The molecular weight excluding hydrogens is 911 g/mol. The van der Waals surface area contributed by atoms with Crippen LogP contribution >= 0.6 is 0 Å². The van der Waals surface area contributed by atoms with E-state index in [9.17, 15) is 19.8 Å². The van der Waals surface area contributed by atoms with Crippen LogP contribution in [0.4, 0.5) is 0 Å². The molecule has 0 saturated carbocycles. The van der Waals surface area contributed by atoms with E-state index in [1.165, 1.54) is 327 Å². The normalized spacial score (nSPS) is 12.4. The minimum atomic E-state index is -0.663. The molecule has 0 aromatic carbocycles. The van der Waals surface area contributed by atoms with Crippen LogP contribution < -0.4 is 5.32 Å². The zero-order valence-electron chi connectivity index (χ0n) is 50.6. The van der Waals surface area contributed by atoms with Crippen molar-refractivity contribution >= 4 is 11.9 Å². The first-order valence-electron chi connectivity index (χ1n) is 34.3. The highest BCUT2D eigenvalue weighted by molar-refractivity contribution is 5.76. The Kier molecular flexibility index (Phi) is 63.4. The summed E-state index contributed by atoms with van der Waals surface area (Å²) in [6, 6.07) is -0.540. The molecule has 0 aliphatic heterocycles. The lowest BCUT2D eigenvalue weighted by Crippen LogP contribution is -2.45. The van der Waals surface area contributed by atoms with E-state index < -0.39 is 12.1 Å². The molecule has 0 aromatic heterocycles. The summed E-state index contributed by atoms with van der Waals surface area (Å²) in [6.45, 7) is 5.00. The van der Waals surface area contributed by atoms with Crippen LogP contribution in [0.5, 0.6) is 0 Å². The lowest BCUT2D eigenvalue weighted by molar-refractivity contribution is -0.143. The number of aliphatic hydroxyl groups is 2. The summed E-state index contributed by atoms with van der Waals surface area (Å²) in [7, 11) is 0. The first kappa shape index (κ1) is 72.9. The van der Waals surface area contributed by atoms with Gasteiger partial charge in [0, 0.05) is 12.8 Å². The standard InChI is InChI=1S/C68H135NO5/c1-3-5-7-9-11-13-15-17-18-19-20-25-28-31-34-37-40-44-48-52-56-60-66(71)65(64-70)69-67(72)61-57-53-49-45-41-38-35-32-29-26-23-21-22-24-27-30-33-36-39-43-47-51-55-59-63-74-68(73)62-58-54-50-46-42-16-14-12-10-8-6-4-2/h65-66,70-71H,3-64H2,1-2H3,(H,69,72). The number of unbranched alkanes of at least 4 members (excludes halogenated alkanes) is 54. The van der Waals surface area contributed by atoms with E-state index >= 15 is 0 Å². The van der Waals surface area contributed by atoms with Crippen molar-refractivity contribution in [3.8, 4) is 0 Å². The van der Waals surface area contributed by atoms with Crippen LogP contribution in [0.25, 0.3) is 0 Å². The first-order valence-corrected chi connectivity index (χ1v) is 34.3. The van der Waals surface area contributed by atoms with Crippen LogP contribution in [0.15, 0.2) is 0 Å². The van der Waals surface area contributed by atoms with Gasteiger partial charge in [-0.3, -0.25) is 9.59 Å². The summed E-state index contributed by atoms with van der Waals surface area (Å²) in [6.07, 6.45) is 77.1. The van der Waals surface area contributed by atoms with Crippen LogP contribution in [-0.2, 0) is 14.3 Å². The molecule has 2 unspecified atom stereocenters. The Labute approximate surface area is 464 Å². The van der Waals surface area contributed by atoms with Gasteiger partial charge in [0.25, 0.3) is 0 Å². The molecule has 1 amide bonds. The molecule has 6 heteroatoms. The van der Waals surface area contributed by atoms with E-state index in [1.807, 2.05) is 0 Å². The van der Waals surface area contributed by atoms with E-state index in [4.69, 9.17) is 4.74 Å². The molecule has 0 spiro atoms. The first-order chi connectivity index (χ1) is 36.5. The van der Waals surface area contributed by atoms with E-state index in [-0.39, 0.29) is 18.5 Å². The fraction of sp³-hybridized carbons (Fsp3) is 0.971. The molecule has 0 rings (SSSR count). The quantitative estimate of drug-likeness (QED) is 0.0417. The van der Waals surface area contributed by atoms with Gasteiger partial charge >= 0.3 is 5.97 Å². The number of ether oxygens (including phenoxy) is 1. The Morgan fingerprint density at radius 1 is 0.324 bits per heavy atom. The number of carbonyl (C=O) groups is 2. The number of hydrogen-bond donors (Lipinski definition) is 3. The van der Waals surface area contributed by atoms with Crippen molar-refractivity contribution in [2.75, 3.05) is 13.2 Å². The molecule has 2 atom stereocenters. The minimum absolute atomic E-state index is 0.0175. The van der Waals surface area contributed by atoms with E-state index in [0.29, 0.717) is 25.9 Å². The van der Waals surface area contributed by atoms with Crippen LogP contribution in [0.1, 0.15) is 399 Å². The van der Waals surface area contributed by atoms with Gasteiger partial charge in [0.15, 0.2) is 0 Å². The Morgan fingerprint density at radius 3 is 0.824 bits per heavy atom. The fourth-order valence-corrected chi connectivity index (χ4v) is 11.2. The third-order valence-corrected chi connectivity index (χ3v) is 16.4. The van der Waals surface area contributed by atoms with Gasteiger partial charge in [-0.05, 0) is 25.7 Å². The maximum atomic E-state index is 12.5. The number of carbonyl (C=O) groups excluding carboxylic acids is 2. The van der Waals surface area contributed by atoms with Gasteiger partial charge < -0.3 is 20.3 Å². The maximum Gasteiger partial charge on any atom is 0.305 e. The predicted molar refractivity (Wildman–Crippen MR) is 324 cm³/mol. The number of hydrogen-bond acceptors (Lipinski definition) is 5. The number of rotatable bonds is 65. The summed E-state index contributed by atoms with van der Waals surface area (Å²) in [4.78, 5) is 24.6. The highest BCUT2D eigenvalue weighted by Gasteiger charge is 2.20. The van der Waals surface area contributed by atoms with Crippen LogP contribution in [0, 0.1) is 0 Å². The zero-order chi connectivity index (χ0) is 53.6. The van der Waals surface area contributed by atoms with Crippen LogP contribution in [-0.4, -0.2) is 47.4 Å². The molecule has 0 radical (unpaired) electrons. The third-order valence-electron chi connectivity index (χ3n) is 16.4. The summed E-state index contributed by atoms with van der Waals surface area (Å²) in [5, 5.41) is 23.4. The highest BCUT2D eigenvalue weighted by atomic mass is 16.5. The molecule has 3 N–H and O–H groups in total. The van der Waals surface area contributed by atoms with Crippen molar-refractivity contribution in [1.82, 2.24) is 5.32 Å². The topological polar surface area (TPSA) is 95.9 Å². The molecule has 74 heavy (non-hydrogen) atoms. The average Bonchev–Trinajstić information content (AvgIpc) is 3.40. The van der Waals surface area contributed by atoms with Gasteiger partial charge in [-0.15, -0.1) is 0 Å². The van der Waals surface area contributed by atoms with Gasteiger partial charge in [0.1, 0.15) is 0 Å². The predicted octanol–water partition coefficient (Wildman–Crippen LogP) is 21.8. The van der Waals surface area contributed by atoms with E-state index in [1.54, 1.807) is 0 Å². The van der Waals surface area contributed by atoms with Crippen molar-refractivity contribution in [2.45, 2.75) is 411 Å². The largest absolute Gasteiger partial charge is 0.466 e. The number of esters is 1. The van der Waals surface area contributed by atoms with E-state index in [0.717, 1.165) is 38.5 Å². The van der Waals surface area contributed by atoms with Crippen LogP contribution in [0.2, 0.25) is 0 Å². The summed E-state index contributed by atoms with van der Waals surface area (Å²) < 4.78 is 5.48. The number of amides is 1. The number of nitrogens with one attached hydrogen (secondary N) is 1. The second-order valence-corrected chi connectivity index (χ2v) is 23.9. The Bertz CT molecular complexity index is 1070. The number of aliphatic hydroxyl groups excluding tert-OH is 2. The van der Waals surface area contributed by atoms with Gasteiger partial charge in [0.2, 0.25) is 5.91 Å². The minimum Gasteiger partial charge on any atom is -0.466 e. The van der Waals surface area contributed by atoms with Crippen LogP contribution in [0.3, 0.4) is 0 Å². The van der Waals surface area contributed by atoms with Crippen molar-refractivity contribution in [2.24, 2.45) is 0 Å². The second-order valence-electron chi connectivity index (χ2n) is 23.9. The lowest BCUT2D eigenvalue weighted by Gasteiger charge is -2.22. The van der Waals surface area contributed by atoms with Crippen molar-refractivity contribution in [3.05, 3.63) is 0 Å². The molecule has 0 saturated heterocycles. The molecule has 0 aliphatic rings. The maximum absolute atomic E-state index is 12.5. The molecule has 0 heterocycles. The monoisotopic (exact) mass is 1050 g/mol. The second kappa shape index (κ2) is 64.4. The average molecular weight is 1050 g/mol. The van der Waals surface area contributed by atoms with Gasteiger partial charge in [-0.1, -0.05) is 361 Å². The molecule has 0 fully saturated rings. The Balaban J connectivity index is 3.36. The lowest BCUT2D eigenvalue weighted by atomic mass is 10.0. The molecule has 0 aromatic rings. The highest BCUT2D eigenvalue weighted by Crippen LogP contribution is 2.19. The molecule has 0 bridgehead atoms. The smallest absolute Gasteiger partial charge is 0.305 e. The fourth-order valence-electron chi connectivity index (χ4n) is 11.2. The van der Waals surface area contributed by atoms with Gasteiger partial charge in [-0.2, -0.15) is 0 Å². The van der Waals surface area contributed by atoms with E-state index in [2.05, 4.69) is 19.2 Å². The molecular formula is C68H135NO5. The summed E-state index contributed by atoms with van der Waals surface area (Å²) in [5.74, 6) is -0.0110. The molecule has 6 nitrogen and oxygen atoms in total. The zero-order valence-corrected chi connectivity index (χ0v) is 50.6. The summed E-state index contributed by atoms with van der Waals surface area (Å²) >= 11 is 0. The van der Waals surface area contributed by atoms with Gasteiger partial charge in [-0.25, -0.2) is 0 Å². The Morgan fingerprint density at radius 2 is 0.554 bits per heavy atom. The van der Waals surface area contributed by atoms with Crippen molar-refractivity contribution < 1.29 is 24.5 Å². The van der Waals surface area contributed by atoms with Crippen molar-refractivity contribution in [1.29, 1.82) is 0 Å². The molecule has 442 valence electrons.